The lowest BCUT2D eigenvalue weighted by Gasteiger charge is -2.16. The second-order valence-electron chi connectivity index (χ2n) is 4.07. The van der Waals surface area contributed by atoms with Crippen molar-refractivity contribution in [1.29, 1.82) is 0 Å². The predicted octanol–water partition coefficient (Wildman–Crippen LogP) is 3.01. The number of benzene rings is 1. The Morgan fingerprint density at radius 3 is 2.75 bits per heavy atom. The van der Waals surface area contributed by atoms with Crippen LogP contribution in [-0.2, 0) is 6.54 Å². The van der Waals surface area contributed by atoms with Crippen molar-refractivity contribution in [2.45, 2.75) is 39.3 Å². The van der Waals surface area contributed by atoms with Crippen molar-refractivity contribution in [3.05, 3.63) is 33.8 Å². The molecule has 0 aliphatic rings. The fourth-order valence-electron chi connectivity index (χ4n) is 1.72. The van der Waals surface area contributed by atoms with Gasteiger partial charge in [-0.15, -0.1) is 0 Å². The van der Waals surface area contributed by atoms with Gasteiger partial charge in [-0.05, 0) is 43.0 Å². The maximum Gasteiger partial charge on any atom is 0.0445 e. The highest BCUT2D eigenvalue weighted by Gasteiger charge is 2.05. The zero-order valence-corrected chi connectivity index (χ0v) is 11.5. The van der Waals surface area contributed by atoms with Crippen LogP contribution in [0.5, 0.6) is 0 Å². The summed E-state index contributed by atoms with van der Waals surface area (Å²) in [7, 11) is 0. The lowest BCUT2D eigenvalue weighted by Crippen LogP contribution is -2.29. The molecular weight excluding hydrogens is 266 g/mol. The predicted molar refractivity (Wildman–Crippen MR) is 71.5 cm³/mol. The minimum Gasteiger partial charge on any atom is -0.396 e. The largest absolute Gasteiger partial charge is 0.396 e. The highest BCUT2D eigenvalue weighted by molar-refractivity contribution is 9.10. The second-order valence-corrected chi connectivity index (χ2v) is 4.98. The third-order valence-electron chi connectivity index (χ3n) is 2.86. The summed E-state index contributed by atoms with van der Waals surface area (Å²) >= 11 is 3.46. The Hall–Kier alpha value is -0.380. The number of aryl methyl sites for hydroxylation is 1. The third kappa shape index (κ3) is 4.24. The molecule has 2 nitrogen and oxygen atoms in total. The lowest BCUT2D eigenvalue weighted by molar-refractivity contribution is 0.262. The van der Waals surface area contributed by atoms with Crippen molar-refractivity contribution in [3.8, 4) is 0 Å². The number of rotatable bonds is 6. The molecule has 0 amide bonds. The van der Waals surface area contributed by atoms with Gasteiger partial charge in [-0.2, -0.15) is 0 Å². The molecule has 1 aromatic rings. The number of nitrogens with one attached hydrogen (secondary N) is 1. The van der Waals surface area contributed by atoms with Crippen LogP contribution in [0.3, 0.4) is 0 Å². The van der Waals surface area contributed by atoms with Gasteiger partial charge in [-0.25, -0.2) is 0 Å². The van der Waals surface area contributed by atoms with Crippen molar-refractivity contribution >= 4 is 15.9 Å². The van der Waals surface area contributed by atoms with Crippen molar-refractivity contribution in [3.63, 3.8) is 0 Å². The van der Waals surface area contributed by atoms with E-state index in [9.17, 15) is 0 Å². The van der Waals surface area contributed by atoms with E-state index < -0.39 is 0 Å². The molecular formula is C13H20BrNO. The molecule has 90 valence electrons. The average molecular weight is 286 g/mol. The fourth-order valence-corrected chi connectivity index (χ4v) is 2.19. The van der Waals surface area contributed by atoms with Crippen LogP contribution in [0.1, 0.15) is 30.9 Å². The van der Waals surface area contributed by atoms with E-state index in [1.807, 2.05) is 0 Å². The molecule has 0 aromatic heterocycles. The van der Waals surface area contributed by atoms with Gasteiger partial charge in [0.2, 0.25) is 0 Å². The van der Waals surface area contributed by atoms with Gasteiger partial charge >= 0.3 is 0 Å². The van der Waals surface area contributed by atoms with E-state index in [1.54, 1.807) is 0 Å². The minimum atomic E-state index is 0.255. The van der Waals surface area contributed by atoms with Crippen LogP contribution in [0.15, 0.2) is 22.7 Å². The summed E-state index contributed by atoms with van der Waals surface area (Å²) in [5.41, 5.74) is 2.61. The topological polar surface area (TPSA) is 32.3 Å². The fraction of sp³-hybridized carbons (Fsp3) is 0.538. The van der Waals surface area contributed by atoms with Crippen LogP contribution < -0.4 is 5.32 Å². The third-order valence-corrected chi connectivity index (χ3v) is 3.35. The molecule has 2 N–H and O–H groups in total. The number of hydrogen-bond acceptors (Lipinski definition) is 2. The Bertz CT molecular complexity index is 328. The van der Waals surface area contributed by atoms with Crippen LogP contribution in [0.2, 0.25) is 0 Å². The minimum absolute atomic E-state index is 0.255. The molecule has 16 heavy (non-hydrogen) atoms. The molecule has 0 saturated heterocycles. The maximum atomic E-state index is 8.91. The van der Waals surface area contributed by atoms with E-state index in [0.717, 1.165) is 23.9 Å². The first-order valence-corrected chi connectivity index (χ1v) is 6.56. The Morgan fingerprint density at radius 2 is 2.19 bits per heavy atom. The second kappa shape index (κ2) is 7.05. The summed E-state index contributed by atoms with van der Waals surface area (Å²) in [6, 6.07) is 6.74. The molecule has 1 unspecified atom stereocenters. The van der Waals surface area contributed by atoms with Crippen LogP contribution in [0.4, 0.5) is 0 Å². The normalized spacial score (nSPS) is 12.8. The highest BCUT2D eigenvalue weighted by atomic mass is 79.9. The number of hydrogen-bond donors (Lipinski definition) is 2. The molecule has 0 heterocycles. The first-order chi connectivity index (χ1) is 7.67. The van der Waals surface area contributed by atoms with Crippen LogP contribution >= 0.6 is 15.9 Å². The zero-order chi connectivity index (χ0) is 12.0. The average Bonchev–Trinajstić information content (AvgIpc) is 2.26. The zero-order valence-electron chi connectivity index (χ0n) is 9.96. The molecule has 0 saturated carbocycles. The van der Waals surface area contributed by atoms with Crippen LogP contribution in [-0.4, -0.2) is 17.8 Å². The summed E-state index contributed by atoms with van der Waals surface area (Å²) < 4.78 is 1.12. The standard InChI is InChI=1S/C13H20BrNO/c1-3-13(6-7-16)15-9-11-4-5-12(14)8-10(11)2/h4-5,8,13,15-16H,3,6-7,9H2,1-2H3. The molecule has 0 radical (unpaired) electrons. The van der Waals surface area contributed by atoms with E-state index in [-0.39, 0.29) is 6.61 Å². The van der Waals surface area contributed by atoms with E-state index in [4.69, 9.17) is 5.11 Å². The summed E-state index contributed by atoms with van der Waals surface area (Å²) in [5.74, 6) is 0. The molecule has 0 fully saturated rings. The number of aliphatic hydroxyl groups is 1. The van der Waals surface area contributed by atoms with Gasteiger partial charge in [0, 0.05) is 23.7 Å². The molecule has 0 aliphatic heterocycles. The summed E-state index contributed by atoms with van der Waals surface area (Å²) in [4.78, 5) is 0. The van der Waals surface area contributed by atoms with E-state index in [1.165, 1.54) is 11.1 Å². The van der Waals surface area contributed by atoms with Crippen molar-refractivity contribution in [2.75, 3.05) is 6.61 Å². The van der Waals surface area contributed by atoms with Crippen molar-refractivity contribution in [1.82, 2.24) is 5.32 Å². The van der Waals surface area contributed by atoms with Crippen molar-refractivity contribution < 1.29 is 5.11 Å². The van der Waals surface area contributed by atoms with E-state index >= 15 is 0 Å². The summed E-state index contributed by atoms with van der Waals surface area (Å²) in [5, 5.41) is 12.4. The van der Waals surface area contributed by atoms with Gasteiger partial charge in [0.15, 0.2) is 0 Å². The van der Waals surface area contributed by atoms with Crippen molar-refractivity contribution in [2.24, 2.45) is 0 Å². The van der Waals surface area contributed by atoms with Gasteiger partial charge in [0.05, 0.1) is 0 Å². The molecule has 1 atom stereocenters. The maximum absolute atomic E-state index is 8.91. The summed E-state index contributed by atoms with van der Waals surface area (Å²) in [6.07, 6.45) is 1.88. The van der Waals surface area contributed by atoms with Gasteiger partial charge in [-0.3, -0.25) is 0 Å². The monoisotopic (exact) mass is 285 g/mol. The van der Waals surface area contributed by atoms with E-state index in [0.29, 0.717) is 6.04 Å². The molecule has 3 heteroatoms. The Kier molecular flexibility index (Phi) is 6.03. The Morgan fingerprint density at radius 1 is 1.44 bits per heavy atom. The SMILES string of the molecule is CCC(CCO)NCc1ccc(Br)cc1C. The van der Waals surface area contributed by atoms with Gasteiger partial charge < -0.3 is 10.4 Å². The quantitative estimate of drug-likeness (QED) is 0.842. The van der Waals surface area contributed by atoms with Gasteiger partial charge in [0.25, 0.3) is 0 Å². The smallest absolute Gasteiger partial charge is 0.0445 e. The van der Waals surface area contributed by atoms with E-state index in [2.05, 4.69) is 53.3 Å². The first kappa shape index (κ1) is 13.7. The molecule has 1 rings (SSSR count). The summed E-state index contributed by atoms with van der Waals surface area (Å²) in [6.45, 7) is 5.39. The molecule has 0 aliphatic carbocycles. The molecule has 0 bridgehead atoms. The number of aliphatic hydroxyl groups excluding tert-OH is 1. The Balaban J connectivity index is 2.53. The Labute approximate surface area is 106 Å². The molecule has 0 spiro atoms. The lowest BCUT2D eigenvalue weighted by atomic mass is 10.1. The van der Waals surface area contributed by atoms with Gasteiger partial charge in [0.1, 0.15) is 0 Å². The van der Waals surface area contributed by atoms with Crippen LogP contribution in [0.25, 0.3) is 0 Å². The first-order valence-electron chi connectivity index (χ1n) is 5.76. The van der Waals surface area contributed by atoms with Crippen LogP contribution in [0, 0.1) is 6.92 Å². The number of halogens is 1. The molecule has 1 aromatic carbocycles. The highest BCUT2D eigenvalue weighted by Crippen LogP contribution is 2.16. The van der Waals surface area contributed by atoms with Gasteiger partial charge in [-0.1, -0.05) is 28.9 Å².